The Kier molecular flexibility index (Phi) is 4.09. The van der Waals surface area contributed by atoms with E-state index in [9.17, 15) is 9.59 Å². The van der Waals surface area contributed by atoms with Gasteiger partial charge in [0.2, 0.25) is 5.91 Å². The summed E-state index contributed by atoms with van der Waals surface area (Å²) in [6.45, 7) is 2.08. The van der Waals surface area contributed by atoms with Crippen molar-refractivity contribution >= 4 is 22.6 Å². The molecule has 3 rings (SSSR count). The maximum atomic E-state index is 12.3. The molecule has 0 saturated heterocycles. The first-order valence-corrected chi connectivity index (χ1v) is 7.18. The molecule has 7 heteroatoms. The average Bonchev–Trinajstić information content (AvgIpc) is 2.54. The van der Waals surface area contributed by atoms with Crippen molar-refractivity contribution in [2.24, 2.45) is 0 Å². The minimum atomic E-state index is -0.253. The Morgan fingerprint density at radius 1 is 1.26 bits per heavy atom. The molecular weight excluding hydrogens is 294 g/mol. The first-order valence-electron chi connectivity index (χ1n) is 7.18. The zero-order chi connectivity index (χ0) is 16.2. The van der Waals surface area contributed by atoms with E-state index in [1.807, 2.05) is 13.0 Å². The third kappa shape index (κ3) is 3.39. The number of amides is 1. The molecule has 0 radical (unpaired) electrons. The molecule has 116 valence electrons. The highest BCUT2D eigenvalue weighted by Gasteiger charge is 2.08. The monoisotopic (exact) mass is 309 g/mol. The van der Waals surface area contributed by atoms with Gasteiger partial charge in [0, 0.05) is 12.6 Å². The quantitative estimate of drug-likeness (QED) is 0.789. The van der Waals surface area contributed by atoms with Crippen LogP contribution in [0.5, 0.6) is 0 Å². The number of nitrogens with one attached hydrogen (secondary N) is 1. The Morgan fingerprint density at radius 3 is 2.91 bits per heavy atom. The van der Waals surface area contributed by atoms with Crippen LogP contribution in [0.25, 0.3) is 10.9 Å². The van der Waals surface area contributed by atoms with Gasteiger partial charge in [0.15, 0.2) is 0 Å². The first kappa shape index (κ1) is 14.8. The lowest BCUT2D eigenvalue weighted by Gasteiger charge is -2.06. The molecule has 0 spiro atoms. The number of anilines is 1. The smallest absolute Gasteiger partial charge is 0.277 e. The van der Waals surface area contributed by atoms with Gasteiger partial charge < -0.3 is 5.32 Å². The Bertz CT molecular complexity index is 919. The van der Waals surface area contributed by atoms with Gasteiger partial charge in [-0.1, -0.05) is 17.3 Å². The SMILES string of the molecule is Cc1ccnc(NC(=O)CCn2nnc3ccccc3c2=O)c1. The molecule has 0 aliphatic rings. The number of carbonyl (C=O) groups is 1. The third-order valence-electron chi connectivity index (χ3n) is 3.36. The van der Waals surface area contributed by atoms with E-state index in [4.69, 9.17) is 0 Å². The van der Waals surface area contributed by atoms with Crippen molar-refractivity contribution in [3.8, 4) is 0 Å². The van der Waals surface area contributed by atoms with Crippen LogP contribution in [0.15, 0.2) is 47.4 Å². The Hall–Kier alpha value is -3.09. The van der Waals surface area contributed by atoms with Crippen LogP contribution < -0.4 is 10.9 Å². The zero-order valence-electron chi connectivity index (χ0n) is 12.6. The van der Waals surface area contributed by atoms with E-state index in [1.54, 1.807) is 36.5 Å². The van der Waals surface area contributed by atoms with Crippen LogP contribution in [0.1, 0.15) is 12.0 Å². The number of benzene rings is 1. The highest BCUT2D eigenvalue weighted by molar-refractivity contribution is 5.89. The topological polar surface area (TPSA) is 89.8 Å². The molecule has 1 amide bonds. The van der Waals surface area contributed by atoms with Crippen LogP contribution in [0.4, 0.5) is 5.82 Å². The van der Waals surface area contributed by atoms with Gasteiger partial charge in [0.25, 0.3) is 5.56 Å². The number of hydrogen-bond acceptors (Lipinski definition) is 5. The number of carbonyl (C=O) groups excluding carboxylic acids is 1. The standard InChI is InChI=1S/C16H15N5O2/c1-11-6-8-17-14(10-11)18-15(22)7-9-21-16(23)12-4-2-3-5-13(12)19-20-21/h2-6,8,10H,7,9H2,1H3,(H,17,18,22). The predicted octanol–water partition coefficient (Wildman–Crippen LogP) is 1.52. The van der Waals surface area contributed by atoms with E-state index in [0.29, 0.717) is 16.7 Å². The molecule has 3 aromatic rings. The summed E-state index contributed by atoms with van der Waals surface area (Å²) in [5.41, 5.74) is 1.30. The van der Waals surface area contributed by atoms with Crippen LogP contribution in [0.2, 0.25) is 0 Å². The lowest BCUT2D eigenvalue weighted by molar-refractivity contribution is -0.116. The van der Waals surface area contributed by atoms with Crippen LogP contribution in [-0.2, 0) is 11.3 Å². The Morgan fingerprint density at radius 2 is 2.09 bits per heavy atom. The molecule has 1 aromatic carbocycles. The maximum absolute atomic E-state index is 12.3. The molecule has 2 aromatic heterocycles. The number of nitrogens with zero attached hydrogens (tertiary/aromatic N) is 4. The van der Waals surface area contributed by atoms with Gasteiger partial charge >= 0.3 is 0 Å². The van der Waals surface area contributed by atoms with E-state index >= 15 is 0 Å². The largest absolute Gasteiger partial charge is 0.311 e. The summed E-state index contributed by atoms with van der Waals surface area (Å²) < 4.78 is 1.20. The molecule has 0 atom stereocenters. The van der Waals surface area contributed by atoms with Crippen LogP contribution in [-0.4, -0.2) is 25.9 Å². The van der Waals surface area contributed by atoms with Gasteiger partial charge in [-0.3, -0.25) is 9.59 Å². The molecule has 0 saturated carbocycles. The Balaban J connectivity index is 1.70. The number of aryl methyl sites for hydroxylation is 2. The fourth-order valence-corrected chi connectivity index (χ4v) is 2.19. The van der Waals surface area contributed by atoms with Crippen LogP contribution in [0.3, 0.4) is 0 Å². The number of hydrogen-bond donors (Lipinski definition) is 1. The maximum Gasteiger partial charge on any atom is 0.277 e. The lowest BCUT2D eigenvalue weighted by Crippen LogP contribution is -2.26. The van der Waals surface area contributed by atoms with E-state index < -0.39 is 0 Å². The number of fused-ring (bicyclic) bond motifs is 1. The average molecular weight is 309 g/mol. The summed E-state index contributed by atoms with van der Waals surface area (Å²) >= 11 is 0. The van der Waals surface area contributed by atoms with Crippen molar-refractivity contribution in [1.82, 2.24) is 20.0 Å². The molecule has 7 nitrogen and oxygen atoms in total. The Labute approximate surface area is 132 Å². The first-order chi connectivity index (χ1) is 11.1. The van der Waals surface area contributed by atoms with Crippen molar-refractivity contribution in [1.29, 1.82) is 0 Å². The van der Waals surface area contributed by atoms with Crippen LogP contribution in [0, 0.1) is 6.92 Å². The van der Waals surface area contributed by atoms with Gasteiger partial charge in [-0.25, -0.2) is 9.67 Å². The van der Waals surface area contributed by atoms with Gasteiger partial charge in [0.1, 0.15) is 11.3 Å². The van der Waals surface area contributed by atoms with Crippen molar-refractivity contribution in [2.75, 3.05) is 5.32 Å². The summed E-state index contributed by atoms with van der Waals surface area (Å²) in [5, 5.41) is 11.0. The highest BCUT2D eigenvalue weighted by atomic mass is 16.2. The molecule has 0 aliphatic heterocycles. The molecule has 0 bridgehead atoms. The molecule has 0 unspecified atom stereocenters. The second-order valence-corrected chi connectivity index (χ2v) is 5.15. The fourth-order valence-electron chi connectivity index (χ4n) is 2.19. The molecule has 0 aliphatic carbocycles. The van der Waals surface area contributed by atoms with E-state index in [2.05, 4.69) is 20.6 Å². The summed E-state index contributed by atoms with van der Waals surface area (Å²) in [6.07, 6.45) is 1.74. The van der Waals surface area contributed by atoms with E-state index in [1.165, 1.54) is 4.68 Å². The number of pyridine rings is 1. The van der Waals surface area contributed by atoms with Crippen molar-refractivity contribution < 1.29 is 4.79 Å². The van der Waals surface area contributed by atoms with E-state index in [0.717, 1.165) is 5.56 Å². The normalized spacial score (nSPS) is 10.7. The van der Waals surface area contributed by atoms with E-state index in [-0.39, 0.29) is 24.4 Å². The highest BCUT2D eigenvalue weighted by Crippen LogP contribution is 2.06. The van der Waals surface area contributed by atoms with Crippen molar-refractivity contribution in [3.63, 3.8) is 0 Å². The van der Waals surface area contributed by atoms with Gasteiger partial charge in [0.05, 0.1) is 11.9 Å². The fraction of sp³-hybridized carbons (Fsp3) is 0.188. The summed E-state index contributed by atoms with van der Waals surface area (Å²) in [4.78, 5) is 28.3. The van der Waals surface area contributed by atoms with Gasteiger partial charge in [-0.05, 0) is 36.8 Å². The summed E-state index contributed by atoms with van der Waals surface area (Å²) in [6, 6.07) is 10.6. The second-order valence-electron chi connectivity index (χ2n) is 5.15. The second kappa shape index (κ2) is 6.35. The van der Waals surface area contributed by atoms with Crippen molar-refractivity contribution in [2.45, 2.75) is 19.9 Å². The van der Waals surface area contributed by atoms with Gasteiger partial charge in [-0.15, -0.1) is 5.10 Å². The number of rotatable bonds is 4. The molecule has 2 heterocycles. The lowest BCUT2D eigenvalue weighted by atomic mass is 10.2. The zero-order valence-corrected chi connectivity index (χ0v) is 12.6. The minimum absolute atomic E-state index is 0.114. The number of aromatic nitrogens is 4. The van der Waals surface area contributed by atoms with Crippen LogP contribution >= 0.6 is 0 Å². The third-order valence-corrected chi connectivity index (χ3v) is 3.36. The molecule has 0 fully saturated rings. The van der Waals surface area contributed by atoms with Gasteiger partial charge in [-0.2, -0.15) is 0 Å². The minimum Gasteiger partial charge on any atom is -0.311 e. The molecule has 1 N–H and O–H groups in total. The van der Waals surface area contributed by atoms with Crippen molar-refractivity contribution in [3.05, 3.63) is 58.5 Å². The molecule has 23 heavy (non-hydrogen) atoms. The summed E-state index contributed by atoms with van der Waals surface area (Å²) in [7, 11) is 0. The summed E-state index contributed by atoms with van der Waals surface area (Å²) in [5.74, 6) is 0.261. The molecular formula is C16H15N5O2. The predicted molar refractivity (Wildman–Crippen MR) is 86.0 cm³/mol.